The number of nitrogens with zero attached hydrogens (tertiary/aromatic N) is 2. The van der Waals surface area contributed by atoms with Crippen molar-refractivity contribution in [1.29, 1.82) is 0 Å². The lowest BCUT2D eigenvalue weighted by Crippen LogP contribution is -2.41. The van der Waals surface area contributed by atoms with Crippen molar-refractivity contribution < 1.29 is 19.0 Å². The van der Waals surface area contributed by atoms with Gasteiger partial charge in [-0.15, -0.1) is 0 Å². The van der Waals surface area contributed by atoms with Gasteiger partial charge in [0.2, 0.25) is 11.8 Å². The van der Waals surface area contributed by atoms with Gasteiger partial charge in [0.1, 0.15) is 11.9 Å². The van der Waals surface area contributed by atoms with Crippen molar-refractivity contribution in [3.8, 4) is 17.5 Å². The summed E-state index contributed by atoms with van der Waals surface area (Å²) >= 11 is 0. The number of carbonyl (C=O) groups excluding carboxylic acids is 1. The van der Waals surface area contributed by atoms with Crippen LogP contribution in [0.3, 0.4) is 0 Å². The minimum atomic E-state index is -0.0977. The topological polar surface area (TPSA) is 82.6 Å². The normalized spacial score (nSPS) is 19.2. The van der Waals surface area contributed by atoms with Gasteiger partial charge in [0, 0.05) is 6.04 Å². The molecule has 1 saturated carbocycles. The summed E-state index contributed by atoms with van der Waals surface area (Å²) in [5.41, 5.74) is 1.10. The molecule has 7 nitrogen and oxygen atoms in total. The van der Waals surface area contributed by atoms with Crippen LogP contribution in [0.15, 0.2) is 36.7 Å². The van der Waals surface area contributed by atoms with Crippen LogP contribution in [0.25, 0.3) is 0 Å². The van der Waals surface area contributed by atoms with E-state index >= 15 is 0 Å². The van der Waals surface area contributed by atoms with Crippen molar-refractivity contribution in [3.63, 3.8) is 0 Å². The minimum Gasteiger partial charge on any atom is -0.484 e. The Morgan fingerprint density at radius 3 is 2.70 bits per heavy atom. The molecule has 0 spiro atoms. The molecule has 1 aliphatic rings. The lowest BCUT2D eigenvalue weighted by molar-refractivity contribution is -0.124. The molecule has 0 atom stereocenters. The third-order valence-corrected chi connectivity index (χ3v) is 4.49. The van der Waals surface area contributed by atoms with Crippen molar-refractivity contribution in [2.45, 2.75) is 44.8 Å². The lowest BCUT2D eigenvalue weighted by Gasteiger charge is -2.29. The smallest absolute Gasteiger partial charge is 0.258 e. The van der Waals surface area contributed by atoms with E-state index in [-0.39, 0.29) is 24.7 Å². The van der Waals surface area contributed by atoms with Crippen molar-refractivity contribution >= 4 is 5.91 Å². The molecule has 144 valence electrons. The summed E-state index contributed by atoms with van der Waals surface area (Å²) in [6, 6.07) is 7.82. The number of hydrogen-bond acceptors (Lipinski definition) is 6. The average Bonchev–Trinajstić information content (AvgIpc) is 2.68. The summed E-state index contributed by atoms with van der Waals surface area (Å²) in [4.78, 5) is 20.4. The first-order valence-corrected chi connectivity index (χ1v) is 9.14. The highest BCUT2D eigenvalue weighted by atomic mass is 16.5. The molecule has 1 aliphatic carbocycles. The number of ether oxygens (including phenoxy) is 3. The van der Waals surface area contributed by atoms with E-state index in [9.17, 15) is 4.79 Å². The van der Waals surface area contributed by atoms with Gasteiger partial charge in [-0.05, 0) is 50.3 Å². The Bertz CT molecular complexity index is 760. The standard InChI is InChI=1S/C20H25N3O4/c1-14-4-3-5-17(10-14)26-13-18(24)22-15-6-8-16(9-7-15)27-20-12-21-11-19(23-20)25-2/h3-5,10-12,15-16H,6-9,13H2,1-2H3,(H,22,24). The first kappa shape index (κ1) is 18.9. The number of amides is 1. The third-order valence-electron chi connectivity index (χ3n) is 4.49. The van der Waals surface area contributed by atoms with Gasteiger partial charge >= 0.3 is 0 Å². The molecule has 0 radical (unpaired) electrons. The van der Waals surface area contributed by atoms with Crippen LogP contribution in [0.4, 0.5) is 0 Å². The molecular formula is C20H25N3O4. The Hall–Kier alpha value is -2.83. The summed E-state index contributed by atoms with van der Waals surface area (Å²) in [6.07, 6.45) is 6.61. The highest BCUT2D eigenvalue weighted by Crippen LogP contribution is 2.23. The van der Waals surface area contributed by atoms with Crippen molar-refractivity contribution in [2.24, 2.45) is 0 Å². The average molecular weight is 371 g/mol. The second-order valence-electron chi connectivity index (χ2n) is 6.66. The predicted molar refractivity (Wildman–Crippen MR) is 100 cm³/mol. The van der Waals surface area contributed by atoms with E-state index in [1.807, 2.05) is 31.2 Å². The highest BCUT2D eigenvalue weighted by molar-refractivity contribution is 5.77. The van der Waals surface area contributed by atoms with Crippen LogP contribution in [0.5, 0.6) is 17.5 Å². The summed E-state index contributed by atoms with van der Waals surface area (Å²) in [5.74, 6) is 1.51. The molecule has 1 heterocycles. The molecule has 0 aliphatic heterocycles. The van der Waals surface area contributed by atoms with Crippen LogP contribution in [-0.4, -0.2) is 41.7 Å². The number of nitrogens with one attached hydrogen (secondary N) is 1. The molecule has 1 aromatic carbocycles. The van der Waals surface area contributed by atoms with Gasteiger partial charge in [-0.2, -0.15) is 4.98 Å². The van der Waals surface area contributed by atoms with Gasteiger partial charge < -0.3 is 19.5 Å². The molecule has 1 amide bonds. The number of hydrogen-bond donors (Lipinski definition) is 1. The molecule has 3 rings (SSSR count). The molecule has 0 unspecified atom stereocenters. The zero-order chi connectivity index (χ0) is 19.1. The van der Waals surface area contributed by atoms with E-state index in [1.54, 1.807) is 13.3 Å². The number of aryl methyl sites for hydroxylation is 1. The predicted octanol–water partition coefficient (Wildman–Crippen LogP) is 2.68. The molecule has 27 heavy (non-hydrogen) atoms. The van der Waals surface area contributed by atoms with E-state index in [4.69, 9.17) is 14.2 Å². The Balaban J connectivity index is 1.39. The van der Waals surface area contributed by atoms with Gasteiger partial charge in [-0.1, -0.05) is 12.1 Å². The number of carbonyl (C=O) groups is 1. The summed E-state index contributed by atoms with van der Waals surface area (Å²) in [5, 5.41) is 3.04. The monoisotopic (exact) mass is 371 g/mol. The van der Waals surface area contributed by atoms with Crippen LogP contribution in [0.1, 0.15) is 31.2 Å². The fourth-order valence-electron chi connectivity index (χ4n) is 3.11. The van der Waals surface area contributed by atoms with E-state index in [0.29, 0.717) is 17.5 Å². The zero-order valence-electron chi connectivity index (χ0n) is 15.7. The van der Waals surface area contributed by atoms with Gasteiger partial charge in [0.25, 0.3) is 5.91 Å². The maximum atomic E-state index is 12.1. The maximum absolute atomic E-state index is 12.1. The quantitative estimate of drug-likeness (QED) is 0.806. The lowest BCUT2D eigenvalue weighted by atomic mass is 9.93. The van der Waals surface area contributed by atoms with Crippen molar-refractivity contribution in [1.82, 2.24) is 15.3 Å². The SMILES string of the molecule is COc1cncc(OC2CCC(NC(=O)COc3cccc(C)c3)CC2)n1. The van der Waals surface area contributed by atoms with Gasteiger partial charge in [0.05, 0.1) is 19.5 Å². The molecule has 1 N–H and O–H groups in total. The third kappa shape index (κ3) is 5.84. The number of rotatable bonds is 7. The first-order chi connectivity index (χ1) is 13.1. The summed E-state index contributed by atoms with van der Waals surface area (Å²) in [7, 11) is 1.55. The largest absolute Gasteiger partial charge is 0.484 e. The minimum absolute atomic E-state index is 0.0271. The van der Waals surface area contributed by atoms with E-state index in [1.165, 1.54) is 6.20 Å². The molecule has 1 aromatic heterocycles. The Morgan fingerprint density at radius 1 is 1.19 bits per heavy atom. The maximum Gasteiger partial charge on any atom is 0.258 e. The van der Waals surface area contributed by atoms with Crippen LogP contribution >= 0.6 is 0 Å². The second-order valence-corrected chi connectivity index (χ2v) is 6.66. The van der Waals surface area contributed by atoms with Crippen molar-refractivity contribution in [3.05, 3.63) is 42.2 Å². The van der Waals surface area contributed by atoms with Crippen LogP contribution in [-0.2, 0) is 4.79 Å². The molecular weight excluding hydrogens is 346 g/mol. The molecule has 0 saturated heterocycles. The van der Waals surface area contributed by atoms with Crippen LogP contribution in [0.2, 0.25) is 0 Å². The Morgan fingerprint density at radius 2 is 1.96 bits per heavy atom. The highest BCUT2D eigenvalue weighted by Gasteiger charge is 2.24. The Kier molecular flexibility index (Phi) is 6.46. The number of aromatic nitrogens is 2. The molecule has 0 bridgehead atoms. The van der Waals surface area contributed by atoms with Gasteiger partial charge in [-0.3, -0.25) is 9.78 Å². The molecule has 2 aromatic rings. The van der Waals surface area contributed by atoms with E-state index in [2.05, 4.69) is 15.3 Å². The Labute approximate surface area is 159 Å². The first-order valence-electron chi connectivity index (χ1n) is 9.14. The van der Waals surface area contributed by atoms with Crippen LogP contribution in [0, 0.1) is 6.92 Å². The van der Waals surface area contributed by atoms with E-state index in [0.717, 1.165) is 31.2 Å². The van der Waals surface area contributed by atoms with E-state index < -0.39 is 0 Å². The second kappa shape index (κ2) is 9.21. The van der Waals surface area contributed by atoms with Gasteiger partial charge in [0.15, 0.2) is 6.61 Å². The summed E-state index contributed by atoms with van der Waals surface area (Å²) in [6.45, 7) is 2.02. The number of methoxy groups -OCH3 is 1. The molecule has 7 heteroatoms. The fourth-order valence-corrected chi connectivity index (χ4v) is 3.11. The molecule has 1 fully saturated rings. The number of benzene rings is 1. The van der Waals surface area contributed by atoms with Crippen molar-refractivity contribution in [2.75, 3.05) is 13.7 Å². The van der Waals surface area contributed by atoms with Crippen LogP contribution < -0.4 is 19.5 Å². The fraction of sp³-hybridized carbons (Fsp3) is 0.450. The zero-order valence-corrected chi connectivity index (χ0v) is 15.7. The van der Waals surface area contributed by atoms with Gasteiger partial charge in [-0.25, -0.2) is 0 Å². The summed E-state index contributed by atoms with van der Waals surface area (Å²) < 4.78 is 16.5.